The number of sulfonamides is 1. The van der Waals surface area contributed by atoms with Gasteiger partial charge in [-0.3, -0.25) is 20.4 Å². The summed E-state index contributed by atoms with van der Waals surface area (Å²) in [6.07, 6.45) is 2.70. The summed E-state index contributed by atoms with van der Waals surface area (Å²) >= 11 is 0. The third-order valence-electron chi connectivity index (χ3n) is 3.59. The van der Waals surface area contributed by atoms with Gasteiger partial charge < -0.3 is 4.42 Å². The molecule has 1 heterocycles. The topological polar surface area (TPSA) is 118 Å². The molecule has 0 bridgehead atoms. The minimum absolute atomic E-state index is 0.104. The molecule has 2 aromatic rings. The van der Waals surface area contributed by atoms with E-state index in [1.807, 2.05) is 19.1 Å². The monoisotopic (exact) mass is 391 g/mol. The van der Waals surface area contributed by atoms with Gasteiger partial charge in [0.25, 0.3) is 5.91 Å². The fourth-order valence-corrected chi connectivity index (χ4v) is 2.90. The van der Waals surface area contributed by atoms with Gasteiger partial charge in [-0.05, 0) is 31.6 Å². The maximum absolute atomic E-state index is 11.9. The number of aryl methyl sites for hydroxylation is 2. The number of hydrogen-bond donors (Lipinski definition) is 3. The second kappa shape index (κ2) is 9.15. The fraction of sp³-hybridized carbons (Fsp3) is 0.222. The zero-order chi connectivity index (χ0) is 19.9. The molecule has 0 saturated carbocycles. The quantitative estimate of drug-likeness (QED) is 0.620. The lowest BCUT2D eigenvalue weighted by atomic mass is 10.2. The van der Waals surface area contributed by atoms with Gasteiger partial charge in [-0.15, -0.1) is 0 Å². The van der Waals surface area contributed by atoms with Crippen molar-refractivity contribution >= 4 is 27.9 Å². The average Bonchev–Trinajstić information content (AvgIpc) is 3.05. The van der Waals surface area contributed by atoms with E-state index in [-0.39, 0.29) is 13.0 Å². The minimum Gasteiger partial charge on any atom is -0.469 e. The highest BCUT2D eigenvalue weighted by atomic mass is 32.2. The van der Waals surface area contributed by atoms with Crippen molar-refractivity contribution in [2.24, 2.45) is 0 Å². The SMILES string of the molecule is Cc1ccc(/C=C/S(=O)(=O)NCCC(=O)NNC(=O)c2ccoc2C)cc1. The van der Waals surface area contributed by atoms with Crippen LogP contribution in [0.2, 0.25) is 0 Å². The molecular formula is C18H21N3O5S. The molecule has 0 fully saturated rings. The summed E-state index contributed by atoms with van der Waals surface area (Å²) in [5.74, 6) is -0.624. The first-order valence-electron chi connectivity index (χ1n) is 8.14. The predicted molar refractivity (Wildman–Crippen MR) is 101 cm³/mol. The van der Waals surface area contributed by atoms with Crippen LogP contribution < -0.4 is 15.6 Å². The Hall–Kier alpha value is -2.91. The summed E-state index contributed by atoms with van der Waals surface area (Å²) in [6.45, 7) is 3.46. The smallest absolute Gasteiger partial charge is 0.273 e. The first-order chi connectivity index (χ1) is 12.8. The Balaban J connectivity index is 1.74. The second-order valence-corrected chi connectivity index (χ2v) is 7.45. The molecule has 3 N–H and O–H groups in total. The van der Waals surface area contributed by atoms with E-state index in [9.17, 15) is 18.0 Å². The molecule has 0 aliphatic rings. The van der Waals surface area contributed by atoms with Gasteiger partial charge in [0.05, 0.1) is 11.8 Å². The van der Waals surface area contributed by atoms with Crippen molar-refractivity contribution in [1.82, 2.24) is 15.6 Å². The van der Waals surface area contributed by atoms with Crippen LogP contribution in [0.3, 0.4) is 0 Å². The van der Waals surface area contributed by atoms with Crippen molar-refractivity contribution in [3.05, 3.63) is 64.5 Å². The summed E-state index contributed by atoms with van der Waals surface area (Å²) in [5, 5.41) is 1.04. The Morgan fingerprint density at radius 1 is 1.07 bits per heavy atom. The molecule has 2 rings (SSSR count). The van der Waals surface area contributed by atoms with Crippen LogP contribution in [0.1, 0.15) is 33.7 Å². The van der Waals surface area contributed by atoms with E-state index in [2.05, 4.69) is 15.6 Å². The number of amides is 2. The van der Waals surface area contributed by atoms with Crippen LogP contribution in [0.25, 0.3) is 6.08 Å². The van der Waals surface area contributed by atoms with Gasteiger partial charge in [0.15, 0.2) is 0 Å². The van der Waals surface area contributed by atoms with Crippen molar-refractivity contribution in [2.45, 2.75) is 20.3 Å². The first-order valence-corrected chi connectivity index (χ1v) is 9.69. The summed E-state index contributed by atoms with van der Waals surface area (Å²) in [7, 11) is -3.67. The number of hydrogen-bond acceptors (Lipinski definition) is 5. The van der Waals surface area contributed by atoms with Crippen LogP contribution in [-0.2, 0) is 14.8 Å². The molecule has 2 amide bonds. The number of carbonyl (C=O) groups is 2. The minimum atomic E-state index is -3.67. The van der Waals surface area contributed by atoms with E-state index in [4.69, 9.17) is 4.42 Å². The van der Waals surface area contributed by atoms with Crippen LogP contribution in [0.15, 0.2) is 46.4 Å². The number of carbonyl (C=O) groups excluding carboxylic acids is 2. The van der Waals surface area contributed by atoms with E-state index < -0.39 is 21.8 Å². The molecule has 0 aliphatic carbocycles. The second-order valence-electron chi connectivity index (χ2n) is 5.80. The fourth-order valence-electron chi connectivity index (χ4n) is 2.08. The van der Waals surface area contributed by atoms with Crippen molar-refractivity contribution in [3.63, 3.8) is 0 Å². The standard InChI is InChI=1S/C18H21N3O5S/c1-13-3-5-15(6-4-13)9-12-27(24,25)19-10-7-17(22)20-21-18(23)16-8-11-26-14(16)2/h3-6,8-9,11-12,19H,7,10H2,1-2H3,(H,20,22)(H,21,23)/b12-9+. The van der Waals surface area contributed by atoms with Gasteiger partial charge in [-0.1, -0.05) is 29.8 Å². The maximum Gasteiger partial charge on any atom is 0.273 e. The van der Waals surface area contributed by atoms with Crippen molar-refractivity contribution < 1.29 is 22.4 Å². The Kier molecular flexibility index (Phi) is 6.91. The number of nitrogens with one attached hydrogen (secondary N) is 3. The van der Waals surface area contributed by atoms with Gasteiger partial charge >= 0.3 is 0 Å². The lowest BCUT2D eigenvalue weighted by molar-refractivity contribution is -0.121. The van der Waals surface area contributed by atoms with Gasteiger partial charge in [0, 0.05) is 18.4 Å². The third-order valence-corrected chi connectivity index (χ3v) is 4.69. The Morgan fingerprint density at radius 2 is 1.78 bits per heavy atom. The Morgan fingerprint density at radius 3 is 2.41 bits per heavy atom. The summed E-state index contributed by atoms with van der Waals surface area (Å²) in [4.78, 5) is 23.5. The molecule has 27 heavy (non-hydrogen) atoms. The molecule has 9 heteroatoms. The van der Waals surface area contributed by atoms with Crippen molar-refractivity contribution in [1.29, 1.82) is 0 Å². The average molecular weight is 391 g/mol. The summed E-state index contributed by atoms with van der Waals surface area (Å²) < 4.78 is 31.1. The summed E-state index contributed by atoms with van der Waals surface area (Å²) in [6, 6.07) is 8.84. The van der Waals surface area contributed by atoms with E-state index >= 15 is 0 Å². The molecule has 8 nitrogen and oxygen atoms in total. The highest BCUT2D eigenvalue weighted by molar-refractivity contribution is 7.92. The molecule has 0 atom stereocenters. The molecule has 1 aromatic heterocycles. The largest absolute Gasteiger partial charge is 0.469 e. The van der Waals surface area contributed by atoms with Crippen LogP contribution in [0.5, 0.6) is 0 Å². The highest BCUT2D eigenvalue weighted by Crippen LogP contribution is 2.08. The molecule has 0 unspecified atom stereocenters. The zero-order valence-corrected chi connectivity index (χ0v) is 15.8. The van der Waals surface area contributed by atoms with E-state index in [1.54, 1.807) is 19.1 Å². The Bertz CT molecular complexity index is 930. The van der Waals surface area contributed by atoms with E-state index in [0.717, 1.165) is 16.5 Å². The van der Waals surface area contributed by atoms with E-state index in [0.29, 0.717) is 11.3 Å². The number of benzene rings is 1. The highest BCUT2D eigenvalue weighted by Gasteiger charge is 2.12. The summed E-state index contributed by atoms with van der Waals surface area (Å²) in [5.41, 5.74) is 6.58. The lowest BCUT2D eigenvalue weighted by Gasteiger charge is -2.07. The van der Waals surface area contributed by atoms with Crippen molar-refractivity contribution in [2.75, 3.05) is 6.54 Å². The van der Waals surface area contributed by atoms with Crippen molar-refractivity contribution in [3.8, 4) is 0 Å². The van der Waals surface area contributed by atoms with Gasteiger partial charge in [-0.25, -0.2) is 13.1 Å². The maximum atomic E-state index is 11.9. The number of rotatable bonds is 7. The lowest BCUT2D eigenvalue weighted by Crippen LogP contribution is -2.42. The molecule has 144 valence electrons. The normalized spacial score (nSPS) is 11.5. The number of furan rings is 1. The molecule has 0 saturated heterocycles. The number of hydrazine groups is 1. The molecule has 0 radical (unpaired) electrons. The van der Waals surface area contributed by atoms with Gasteiger partial charge in [0.2, 0.25) is 15.9 Å². The van der Waals surface area contributed by atoms with Crippen LogP contribution in [-0.4, -0.2) is 26.8 Å². The zero-order valence-electron chi connectivity index (χ0n) is 15.0. The first kappa shape index (κ1) is 20.4. The molecule has 0 aliphatic heterocycles. The van der Waals surface area contributed by atoms with Gasteiger partial charge in [0.1, 0.15) is 5.76 Å². The van der Waals surface area contributed by atoms with E-state index in [1.165, 1.54) is 18.4 Å². The third kappa shape index (κ3) is 6.72. The van der Waals surface area contributed by atoms with Crippen LogP contribution in [0.4, 0.5) is 0 Å². The molecular weight excluding hydrogens is 370 g/mol. The van der Waals surface area contributed by atoms with Gasteiger partial charge in [-0.2, -0.15) is 0 Å². The van der Waals surface area contributed by atoms with Crippen LogP contribution >= 0.6 is 0 Å². The molecule has 0 spiro atoms. The predicted octanol–water partition coefficient (Wildman–Crippen LogP) is 1.64. The molecule has 1 aromatic carbocycles. The van der Waals surface area contributed by atoms with Crippen LogP contribution in [0, 0.1) is 13.8 Å². The Labute approximate surface area is 157 Å².